The molecular weight excluding hydrogens is 260 g/mol. The molecule has 0 aromatic heterocycles. The molecule has 1 saturated heterocycles. The number of likely N-dealkylation sites (tertiary alicyclic amines) is 1. The first kappa shape index (κ1) is 14.2. The molecule has 0 radical (unpaired) electrons. The summed E-state index contributed by atoms with van der Waals surface area (Å²) >= 11 is 5.87. The summed E-state index contributed by atoms with van der Waals surface area (Å²) in [6.07, 6.45) is 3.24. The Morgan fingerprint density at radius 3 is 2.74 bits per heavy atom. The molecule has 1 heterocycles. The fourth-order valence-corrected chi connectivity index (χ4v) is 2.71. The van der Waals surface area contributed by atoms with Gasteiger partial charge < -0.3 is 10.6 Å². The molecule has 1 aliphatic rings. The molecule has 0 unspecified atom stereocenters. The van der Waals surface area contributed by atoms with Crippen LogP contribution in [-0.2, 0) is 0 Å². The summed E-state index contributed by atoms with van der Waals surface area (Å²) in [7, 11) is 0. The molecule has 0 bridgehead atoms. The summed E-state index contributed by atoms with van der Waals surface area (Å²) in [6, 6.07) is 5.07. The number of hydrogen-bond acceptors (Lipinski definition) is 2. The van der Waals surface area contributed by atoms with Crippen LogP contribution >= 0.6 is 11.6 Å². The number of nitrogens with two attached hydrogens (primary N) is 1. The highest BCUT2D eigenvalue weighted by atomic mass is 35.5. The Morgan fingerprint density at radius 2 is 2.05 bits per heavy atom. The maximum absolute atomic E-state index is 12.5. The van der Waals surface area contributed by atoms with E-state index >= 15 is 0 Å². The molecule has 2 rings (SSSR count). The Labute approximate surface area is 119 Å². The summed E-state index contributed by atoms with van der Waals surface area (Å²) < 4.78 is 0. The highest BCUT2D eigenvalue weighted by Gasteiger charge is 2.26. The molecule has 0 saturated carbocycles. The van der Waals surface area contributed by atoms with Crippen LogP contribution in [0, 0.1) is 5.41 Å². The van der Waals surface area contributed by atoms with Crippen molar-refractivity contribution in [2.75, 3.05) is 18.8 Å². The number of carbonyl (C=O) groups excluding carboxylic acids is 1. The first-order valence-electron chi connectivity index (χ1n) is 6.73. The van der Waals surface area contributed by atoms with Gasteiger partial charge in [-0.3, -0.25) is 4.79 Å². The maximum atomic E-state index is 12.5. The van der Waals surface area contributed by atoms with Gasteiger partial charge in [0.05, 0.1) is 5.56 Å². The number of hydrogen-bond donors (Lipinski definition) is 1. The van der Waals surface area contributed by atoms with Crippen LogP contribution in [-0.4, -0.2) is 23.9 Å². The minimum absolute atomic E-state index is 0.0202. The molecule has 3 nitrogen and oxygen atoms in total. The van der Waals surface area contributed by atoms with Crippen LogP contribution in [0.1, 0.15) is 43.5 Å². The van der Waals surface area contributed by atoms with Crippen molar-refractivity contribution in [2.24, 2.45) is 5.41 Å². The highest BCUT2D eigenvalue weighted by Crippen LogP contribution is 2.30. The average Bonchev–Trinajstić information content (AvgIpc) is 2.49. The second-order valence-electron chi connectivity index (χ2n) is 6.04. The van der Waals surface area contributed by atoms with Crippen molar-refractivity contribution in [2.45, 2.75) is 33.1 Å². The normalized spacial score (nSPS) is 19.0. The number of benzene rings is 1. The average molecular weight is 281 g/mol. The van der Waals surface area contributed by atoms with Gasteiger partial charge in [-0.15, -0.1) is 0 Å². The van der Waals surface area contributed by atoms with Gasteiger partial charge in [0.15, 0.2) is 0 Å². The standard InChI is InChI=1S/C15H21ClN2O/c1-15(2)6-3-8-18(9-7-15)14(19)12-5-4-11(16)10-13(12)17/h4-5,10H,3,6-9,17H2,1-2H3. The number of anilines is 1. The Bertz CT molecular complexity index is 485. The number of carbonyl (C=O) groups is 1. The topological polar surface area (TPSA) is 46.3 Å². The van der Waals surface area contributed by atoms with Gasteiger partial charge in [0.1, 0.15) is 0 Å². The van der Waals surface area contributed by atoms with Crippen LogP contribution in [0.15, 0.2) is 18.2 Å². The third-order valence-corrected chi connectivity index (χ3v) is 4.11. The smallest absolute Gasteiger partial charge is 0.255 e. The van der Waals surface area contributed by atoms with Crippen molar-refractivity contribution in [3.63, 3.8) is 0 Å². The molecule has 1 amide bonds. The third-order valence-electron chi connectivity index (χ3n) is 3.87. The van der Waals surface area contributed by atoms with E-state index in [9.17, 15) is 4.79 Å². The molecule has 19 heavy (non-hydrogen) atoms. The third kappa shape index (κ3) is 3.41. The molecule has 1 aromatic carbocycles. The zero-order chi connectivity index (χ0) is 14.0. The van der Waals surface area contributed by atoms with Crippen LogP contribution in [0.3, 0.4) is 0 Å². The van der Waals surface area contributed by atoms with Crippen LogP contribution in [0.25, 0.3) is 0 Å². The largest absolute Gasteiger partial charge is 0.398 e. The lowest BCUT2D eigenvalue weighted by molar-refractivity contribution is 0.0758. The van der Waals surface area contributed by atoms with Crippen molar-refractivity contribution in [1.29, 1.82) is 0 Å². The molecule has 0 atom stereocenters. The van der Waals surface area contributed by atoms with E-state index in [0.717, 1.165) is 32.4 Å². The Balaban J connectivity index is 2.15. The minimum atomic E-state index is 0.0202. The van der Waals surface area contributed by atoms with Gasteiger partial charge in [0.2, 0.25) is 0 Å². The molecular formula is C15H21ClN2O. The van der Waals surface area contributed by atoms with E-state index in [-0.39, 0.29) is 5.91 Å². The van der Waals surface area contributed by atoms with E-state index in [1.807, 2.05) is 4.90 Å². The van der Waals surface area contributed by atoms with Gasteiger partial charge in [-0.1, -0.05) is 25.4 Å². The van der Waals surface area contributed by atoms with Crippen molar-refractivity contribution in [1.82, 2.24) is 4.90 Å². The Hall–Kier alpha value is -1.22. The Kier molecular flexibility index (Phi) is 4.04. The van der Waals surface area contributed by atoms with Gasteiger partial charge in [0.25, 0.3) is 5.91 Å². The lowest BCUT2D eigenvalue weighted by Crippen LogP contribution is -2.32. The van der Waals surface area contributed by atoms with E-state index < -0.39 is 0 Å². The fraction of sp³-hybridized carbons (Fsp3) is 0.533. The number of halogens is 1. The monoisotopic (exact) mass is 280 g/mol. The number of rotatable bonds is 1. The summed E-state index contributed by atoms with van der Waals surface area (Å²) in [5, 5.41) is 0.561. The van der Waals surface area contributed by atoms with Crippen molar-refractivity contribution < 1.29 is 4.79 Å². The van der Waals surface area contributed by atoms with Crippen LogP contribution in [0.2, 0.25) is 5.02 Å². The molecule has 0 spiro atoms. The summed E-state index contributed by atoms with van der Waals surface area (Å²) in [4.78, 5) is 14.4. The van der Waals surface area contributed by atoms with Crippen LogP contribution in [0.4, 0.5) is 5.69 Å². The lowest BCUT2D eigenvalue weighted by atomic mass is 9.85. The van der Waals surface area contributed by atoms with Gasteiger partial charge in [0, 0.05) is 23.8 Å². The maximum Gasteiger partial charge on any atom is 0.255 e. The Morgan fingerprint density at radius 1 is 1.32 bits per heavy atom. The molecule has 0 aliphatic carbocycles. The predicted octanol–water partition coefficient (Wildman–Crippen LogP) is 3.57. The zero-order valence-electron chi connectivity index (χ0n) is 11.6. The lowest BCUT2D eigenvalue weighted by Gasteiger charge is -2.23. The second kappa shape index (κ2) is 5.41. The van der Waals surface area contributed by atoms with E-state index in [1.54, 1.807) is 18.2 Å². The number of nitrogen functional groups attached to an aromatic ring is 1. The zero-order valence-corrected chi connectivity index (χ0v) is 12.3. The molecule has 4 heteroatoms. The van der Waals surface area contributed by atoms with E-state index in [2.05, 4.69) is 13.8 Å². The van der Waals surface area contributed by atoms with E-state index in [4.69, 9.17) is 17.3 Å². The van der Waals surface area contributed by atoms with Gasteiger partial charge in [-0.25, -0.2) is 0 Å². The molecule has 1 aliphatic heterocycles. The highest BCUT2D eigenvalue weighted by molar-refractivity contribution is 6.31. The SMILES string of the molecule is CC1(C)CCCN(C(=O)c2ccc(Cl)cc2N)CC1. The van der Waals surface area contributed by atoms with Crippen molar-refractivity contribution in [3.05, 3.63) is 28.8 Å². The first-order valence-corrected chi connectivity index (χ1v) is 7.11. The summed E-state index contributed by atoms with van der Waals surface area (Å²) in [6.45, 7) is 6.13. The summed E-state index contributed by atoms with van der Waals surface area (Å²) in [5.74, 6) is 0.0202. The van der Waals surface area contributed by atoms with Gasteiger partial charge in [-0.2, -0.15) is 0 Å². The molecule has 1 fully saturated rings. The predicted molar refractivity (Wildman–Crippen MR) is 79.4 cm³/mol. The summed E-state index contributed by atoms with van der Waals surface area (Å²) in [5.41, 5.74) is 7.23. The van der Waals surface area contributed by atoms with Crippen LogP contribution in [0.5, 0.6) is 0 Å². The molecule has 2 N–H and O–H groups in total. The van der Waals surface area contributed by atoms with Gasteiger partial charge in [-0.05, 0) is 42.9 Å². The van der Waals surface area contributed by atoms with Crippen LogP contribution < -0.4 is 5.73 Å². The second-order valence-corrected chi connectivity index (χ2v) is 6.48. The van der Waals surface area contributed by atoms with E-state index in [1.165, 1.54) is 0 Å². The quantitative estimate of drug-likeness (QED) is 0.799. The fourth-order valence-electron chi connectivity index (χ4n) is 2.52. The number of nitrogens with zero attached hydrogens (tertiary/aromatic N) is 1. The number of amides is 1. The van der Waals surface area contributed by atoms with Crippen molar-refractivity contribution >= 4 is 23.2 Å². The van der Waals surface area contributed by atoms with Crippen molar-refractivity contribution in [3.8, 4) is 0 Å². The first-order chi connectivity index (χ1) is 8.89. The minimum Gasteiger partial charge on any atom is -0.398 e. The van der Waals surface area contributed by atoms with Gasteiger partial charge >= 0.3 is 0 Å². The molecule has 1 aromatic rings. The molecule has 104 valence electrons. The van der Waals surface area contributed by atoms with E-state index in [0.29, 0.717) is 21.7 Å².